The number of hydrogen-bond acceptors (Lipinski definition) is 2. The van der Waals surface area contributed by atoms with Crippen LogP contribution in [0, 0.1) is 0 Å². The Morgan fingerprint density at radius 2 is 1.73 bits per heavy atom. The van der Waals surface area contributed by atoms with Gasteiger partial charge in [0, 0.05) is 10.9 Å². The molecule has 1 aromatic heterocycles. The molecule has 0 saturated carbocycles. The summed E-state index contributed by atoms with van der Waals surface area (Å²) < 4.78 is 0. The van der Waals surface area contributed by atoms with Crippen molar-refractivity contribution in [2.45, 2.75) is 52.5 Å². The van der Waals surface area contributed by atoms with E-state index in [2.05, 4.69) is 81.4 Å². The fraction of sp³-hybridized carbons (Fsp3) is 0.444. The predicted octanol–water partition coefficient (Wildman–Crippen LogP) is 4.62. The van der Waals surface area contributed by atoms with E-state index in [4.69, 9.17) is 12.2 Å². The number of hydrogen-bond donors (Lipinski definition) is 2. The van der Waals surface area contributed by atoms with Crippen molar-refractivity contribution in [3.05, 3.63) is 36.0 Å². The molecule has 0 aliphatic rings. The van der Waals surface area contributed by atoms with Gasteiger partial charge in [-0.3, -0.25) is 4.98 Å². The van der Waals surface area contributed by atoms with Gasteiger partial charge >= 0.3 is 0 Å². The van der Waals surface area contributed by atoms with Crippen molar-refractivity contribution in [2.75, 3.05) is 5.32 Å². The topological polar surface area (TPSA) is 37.0 Å². The summed E-state index contributed by atoms with van der Waals surface area (Å²) in [5.41, 5.74) is 3.26. The molecule has 4 heteroatoms. The zero-order valence-corrected chi connectivity index (χ0v) is 15.1. The molecule has 0 unspecified atom stereocenters. The smallest absolute Gasteiger partial charge is 0.171 e. The van der Waals surface area contributed by atoms with Gasteiger partial charge in [-0.2, -0.15) is 0 Å². The van der Waals surface area contributed by atoms with Crippen LogP contribution in [0.1, 0.15) is 47.1 Å². The summed E-state index contributed by atoms with van der Waals surface area (Å²) in [5, 5.41) is 8.18. The zero-order valence-electron chi connectivity index (χ0n) is 14.2. The van der Waals surface area contributed by atoms with E-state index in [9.17, 15) is 0 Å². The standard InChI is InChI=1S/C18H25N3S/c1-17(2,3)13-7-8-15-12(9-13)10-14(11-19-15)20-16(22)21-18(4,5)6/h7-11H,1-6H3,(H2,20,21,22). The van der Waals surface area contributed by atoms with Gasteiger partial charge in [0.1, 0.15) is 0 Å². The zero-order chi connectivity index (χ0) is 16.5. The molecule has 0 fully saturated rings. The molecule has 0 saturated heterocycles. The van der Waals surface area contributed by atoms with E-state index in [0.717, 1.165) is 16.6 Å². The SMILES string of the molecule is CC(C)(C)NC(=S)Nc1cnc2ccc(C(C)(C)C)cc2c1. The van der Waals surface area contributed by atoms with Crippen molar-refractivity contribution in [1.29, 1.82) is 0 Å². The van der Waals surface area contributed by atoms with Crippen molar-refractivity contribution in [3.63, 3.8) is 0 Å². The molecule has 0 bridgehead atoms. The summed E-state index contributed by atoms with van der Waals surface area (Å²) >= 11 is 5.34. The molecular weight excluding hydrogens is 290 g/mol. The number of thiocarbonyl (C=S) groups is 1. The summed E-state index contributed by atoms with van der Waals surface area (Å²) in [4.78, 5) is 4.50. The van der Waals surface area contributed by atoms with Crippen molar-refractivity contribution in [1.82, 2.24) is 10.3 Å². The Bertz CT molecular complexity index is 694. The molecule has 0 radical (unpaired) electrons. The molecule has 3 nitrogen and oxygen atoms in total. The van der Waals surface area contributed by atoms with Gasteiger partial charge in [-0.25, -0.2) is 0 Å². The summed E-state index contributed by atoms with van der Waals surface area (Å²) in [7, 11) is 0. The number of benzene rings is 1. The lowest BCUT2D eigenvalue weighted by molar-refractivity contribution is 0.515. The molecule has 0 aliphatic carbocycles. The molecule has 2 N–H and O–H groups in total. The molecule has 1 heterocycles. The molecule has 0 atom stereocenters. The summed E-state index contributed by atoms with van der Waals surface area (Å²) in [6, 6.07) is 8.52. The molecule has 1 aromatic carbocycles. The molecule has 2 rings (SSSR count). The highest BCUT2D eigenvalue weighted by atomic mass is 32.1. The quantitative estimate of drug-likeness (QED) is 0.753. The Labute approximate surface area is 138 Å². The van der Waals surface area contributed by atoms with Gasteiger partial charge in [0.05, 0.1) is 17.4 Å². The van der Waals surface area contributed by atoms with E-state index in [-0.39, 0.29) is 11.0 Å². The molecule has 0 spiro atoms. The lowest BCUT2D eigenvalue weighted by Gasteiger charge is -2.23. The first-order valence-electron chi connectivity index (χ1n) is 7.54. The Hall–Kier alpha value is -1.68. The van der Waals surface area contributed by atoms with Gasteiger partial charge < -0.3 is 10.6 Å². The second-order valence-electron chi connectivity index (χ2n) is 7.71. The summed E-state index contributed by atoms with van der Waals surface area (Å²) in [5.74, 6) is 0. The summed E-state index contributed by atoms with van der Waals surface area (Å²) in [6.45, 7) is 12.9. The third kappa shape index (κ3) is 4.41. The predicted molar refractivity (Wildman–Crippen MR) is 99.6 cm³/mol. The third-order valence-electron chi connectivity index (χ3n) is 3.29. The van der Waals surface area contributed by atoms with Crippen LogP contribution in [-0.2, 0) is 5.41 Å². The minimum absolute atomic E-state index is 0.0617. The average Bonchev–Trinajstić information content (AvgIpc) is 2.34. The number of nitrogens with zero attached hydrogens (tertiary/aromatic N) is 1. The van der Waals surface area contributed by atoms with Crippen LogP contribution in [0.4, 0.5) is 5.69 Å². The van der Waals surface area contributed by atoms with Gasteiger partial charge in [0.2, 0.25) is 0 Å². The molecule has 0 amide bonds. The number of pyridine rings is 1. The first-order chi connectivity index (χ1) is 10.0. The molecule has 118 valence electrons. The maximum absolute atomic E-state index is 5.34. The number of fused-ring (bicyclic) bond motifs is 1. The minimum atomic E-state index is -0.0617. The van der Waals surface area contributed by atoms with Crippen molar-refractivity contribution in [2.24, 2.45) is 0 Å². The van der Waals surface area contributed by atoms with Crippen molar-refractivity contribution < 1.29 is 0 Å². The fourth-order valence-corrected chi connectivity index (χ4v) is 2.59. The fourth-order valence-electron chi connectivity index (χ4n) is 2.17. The molecular formula is C18H25N3S. The van der Waals surface area contributed by atoms with Crippen LogP contribution in [0.15, 0.2) is 30.5 Å². The average molecular weight is 315 g/mol. The van der Waals surface area contributed by atoms with Gasteiger partial charge in [0.15, 0.2) is 5.11 Å². The normalized spacial score (nSPS) is 12.3. The highest BCUT2D eigenvalue weighted by molar-refractivity contribution is 7.80. The largest absolute Gasteiger partial charge is 0.358 e. The number of anilines is 1. The second kappa shape index (κ2) is 5.84. The van der Waals surface area contributed by atoms with E-state index in [1.807, 2.05) is 6.20 Å². The first-order valence-corrected chi connectivity index (χ1v) is 7.95. The number of aromatic nitrogens is 1. The van der Waals surface area contributed by atoms with Gasteiger partial charge in [-0.1, -0.05) is 26.8 Å². The Balaban J connectivity index is 2.27. The Kier molecular flexibility index (Phi) is 4.43. The monoisotopic (exact) mass is 315 g/mol. The van der Waals surface area contributed by atoms with E-state index < -0.39 is 0 Å². The van der Waals surface area contributed by atoms with Crippen molar-refractivity contribution in [3.8, 4) is 0 Å². The van der Waals surface area contributed by atoms with E-state index in [0.29, 0.717) is 5.11 Å². The van der Waals surface area contributed by atoms with Crippen LogP contribution in [0.5, 0.6) is 0 Å². The Morgan fingerprint density at radius 3 is 2.32 bits per heavy atom. The van der Waals surface area contributed by atoms with Crippen LogP contribution in [0.2, 0.25) is 0 Å². The highest BCUT2D eigenvalue weighted by Crippen LogP contribution is 2.26. The van der Waals surface area contributed by atoms with E-state index >= 15 is 0 Å². The number of nitrogens with one attached hydrogen (secondary N) is 2. The number of rotatable bonds is 1. The van der Waals surface area contributed by atoms with Crippen LogP contribution < -0.4 is 10.6 Å². The van der Waals surface area contributed by atoms with Gasteiger partial charge in [0.25, 0.3) is 0 Å². The van der Waals surface area contributed by atoms with Crippen molar-refractivity contribution >= 4 is 33.9 Å². The minimum Gasteiger partial charge on any atom is -0.358 e. The van der Waals surface area contributed by atoms with Crippen LogP contribution in [0.3, 0.4) is 0 Å². The maximum Gasteiger partial charge on any atom is 0.171 e. The molecule has 2 aromatic rings. The summed E-state index contributed by atoms with van der Waals surface area (Å²) in [6.07, 6.45) is 1.82. The van der Waals surface area contributed by atoms with Crippen LogP contribution in [0.25, 0.3) is 10.9 Å². The van der Waals surface area contributed by atoms with E-state index in [1.165, 1.54) is 5.56 Å². The Morgan fingerprint density at radius 1 is 1.05 bits per heavy atom. The van der Waals surface area contributed by atoms with Crippen LogP contribution >= 0.6 is 12.2 Å². The lowest BCUT2D eigenvalue weighted by Crippen LogP contribution is -2.42. The highest BCUT2D eigenvalue weighted by Gasteiger charge is 2.14. The van der Waals surface area contributed by atoms with Crippen LogP contribution in [-0.4, -0.2) is 15.6 Å². The van der Waals surface area contributed by atoms with Gasteiger partial charge in [-0.15, -0.1) is 0 Å². The van der Waals surface area contributed by atoms with E-state index in [1.54, 1.807) is 0 Å². The lowest BCUT2D eigenvalue weighted by atomic mass is 9.86. The van der Waals surface area contributed by atoms with Gasteiger partial charge in [-0.05, 0) is 62.2 Å². The molecule has 22 heavy (non-hydrogen) atoms. The third-order valence-corrected chi connectivity index (χ3v) is 3.50. The first kappa shape index (κ1) is 16.7. The molecule has 0 aliphatic heterocycles. The maximum atomic E-state index is 5.34. The second-order valence-corrected chi connectivity index (χ2v) is 8.12.